The van der Waals surface area contributed by atoms with Crippen LogP contribution >= 0.6 is 11.3 Å². The van der Waals surface area contributed by atoms with Crippen LogP contribution in [0, 0.1) is 5.82 Å². The van der Waals surface area contributed by atoms with Crippen molar-refractivity contribution in [3.05, 3.63) is 24.0 Å². The largest absolute Gasteiger partial charge is 0.468 e. The van der Waals surface area contributed by atoms with Crippen LogP contribution in [-0.4, -0.2) is 48.0 Å². The Kier molecular flexibility index (Phi) is 4.53. The van der Waals surface area contributed by atoms with Gasteiger partial charge in [-0.3, -0.25) is 14.5 Å². The van der Waals surface area contributed by atoms with Gasteiger partial charge in [0.25, 0.3) is 0 Å². The molecular formula is C15H16FN3O3S. The van der Waals surface area contributed by atoms with Crippen molar-refractivity contribution < 1.29 is 18.7 Å². The van der Waals surface area contributed by atoms with E-state index in [0.29, 0.717) is 28.3 Å². The van der Waals surface area contributed by atoms with Crippen LogP contribution in [0.1, 0.15) is 12.8 Å². The standard InChI is InChI=1S/C15H16FN3O3S/c1-22-14(21)11-3-2-6-19(11)8-13(20)18-15-17-10-5-4-9(16)7-12(10)23-15/h4-5,7,11H,2-3,6,8H2,1H3,(H,17,18,20). The second-order valence-corrected chi connectivity index (χ2v) is 6.36. The Balaban J connectivity index is 1.65. The monoisotopic (exact) mass is 337 g/mol. The van der Waals surface area contributed by atoms with Gasteiger partial charge in [0.15, 0.2) is 5.13 Å². The molecule has 1 N–H and O–H groups in total. The summed E-state index contributed by atoms with van der Waals surface area (Å²) in [5.41, 5.74) is 0.639. The molecule has 0 spiro atoms. The van der Waals surface area contributed by atoms with Gasteiger partial charge in [0.05, 0.1) is 23.9 Å². The molecular weight excluding hydrogens is 321 g/mol. The van der Waals surface area contributed by atoms with Crippen molar-refractivity contribution in [2.45, 2.75) is 18.9 Å². The van der Waals surface area contributed by atoms with Crippen molar-refractivity contribution in [3.8, 4) is 0 Å². The first-order valence-corrected chi connectivity index (χ1v) is 8.06. The highest BCUT2D eigenvalue weighted by Gasteiger charge is 2.32. The lowest BCUT2D eigenvalue weighted by molar-refractivity contribution is -0.146. The third kappa shape index (κ3) is 3.48. The van der Waals surface area contributed by atoms with Crippen molar-refractivity contribution in [1.82, 2.24) is 9.88 Å². The van der Waals surface area contributed by atoms with Crippen LogP contribution in [-0.2, 0) is 14.3 Å². The van der Waals surface area contributed by atoms with E-state index in [2.05, 4.69) is 10.3 Å². The molecule has 0 radical (unpaired) electrons. The van der Waals surface area contributed by atoms with E-state index in [1.807, 2.05) is 0 Å². The first-order chi connectivity index (χ1) is 11.1. The molecule has 1 fully saturated rings. The van der Waals surface area contributed by atoms with Gasteiger partial charge < -0.3 is 10.1 Å². The molecule has 1 unspecified atom stereocenters. The zero-order chi connectivity index (χ0) is 16.4. The number of ether oxygens (including phenoxy) is 1. The highest BCUT2D eigenvalue weighted by atomic mass is 32.1. The number of methoxy groups -OCH3 is 1. The number of rotatable bonds is 4. The number of aromatic nitrogens is 1. The van der Waals surface area contributed by atoms with Gasteiger partial charge >= 0.3 is 5.97 Å². The first-order valence-electron chi connectivity index (χ1n) is 7.24. The van der Waals surface area contributed by atoms with Crippen LogP contribution in [0.3, 0.4) is 0 Å². The molecule has 0 aliphatic carbocycles. The Morgan fingerprint density at radius 1 is 1.52 bits per heavy atom. The van der Waals surface area contributed by atoms with E-state index in [-0.39, 0.29) is 30.3 Å². The molecule has 23 heavy (non-hydrogen) atoms. The SMILES string of the molecule is COC(=O)C1CCCN1CC(=O)Nc1nc2ccc(F)cc2s1. The second-order valence-electron chi connectivity index (χ2n) is 5.33. The maximum Gasteiger partial charge on any atom is 0.323 e. The highest BCUT2D eigenvalue weighted by Crippen LogP contribution is 2.26. The molecule has 122 valence electrons. The van der Waals surface area contributed by atoms with E-state index in [9.17, 15) is 14.0 Å². The third-order valence-corrected chi connectivity index (χ3v) is 4.71. The van der Waals surface area contributed by atoms with Crippen molar-refractivity contribution in [2.24, 2.45) is 0 Å². The molecule has 2 aromatic rings. The maximum absolute atomic E-state index is 13.2. The minimum absolute atomic E-state index is 0.101. The van der Waals surface area contributed by atoms with Crippen molar-refractivity contribution >= 4 is 38.6 Å². The molecule has 1 atom stereocenters. The first kappa shape index (κ1) is 15.8. The predicted octanol–water partition coefficient (Wildman–Crippen LogP) is 2.01. The van der Waals surface area contributed by atoms with E-state index in [0.717, 1.165) is 6.42 Å². The van der Waals surface area contributed by atoms with E-state index in [1.54, 1.807) is 11.0 Å². The number of nitrogens with one attached hydrogen (secondary N) is 1. The summed E-state index contributed by atoms with van der Waals surface area (Å²) in [6.45, 7) is 0.780. The number of benzene rings is 1. The Labute approximate surface area is 136 Å². The van der Waals surface area contributed by atoms with Gasteiger partial charge in [-0.2, -0.15) is 0 Å². The Bertz CT molecular complexity index is 749. The number of halogens is 1. The molecule has 1 aromatic heterocycles. The van der Waals surface area contributed by atoms with Crippen LogP contribution < -0.4 is 5.32 Å². The zero-order valence-electron chi connectivity index (χ0n) is 12.5. The van der Waals surface area contributed by atoms with Gasteiger partial charge in [-0.25, -0.2) is 9.37 Å². The fraction of sp³-hybridized carbons (Fsp3) is 0.400. The third-order valence-electron chi connectivity index (χ3n) is 3.78. The lowest BCUT2D eigenvalue weighted by atomic mass is 10.2. The molecule has 1 amide bonds. The second kappa shape index (κ2) is 6.59. The van der Waals surface area contributed by atoms with Gasteiger partial charge in [0.1, 0.15) is 11.9 Å². The Hall–Kier alpha value is -2.06. The molecule has 0 bridgehead atoms. The molecule has 6 nitrogen and oxygen atoms in total. The molecule has 2 heterocycles. The van der Waals surface area contributed by atoms with Crippen LogP contribution in [0.25, 0.3) is 10.2 Å². The lowest BCUT2D eigenvalue weighted by Gasteiger charge is -2.21. The molecule has 1 aromatic carbocycles. The number of likely N-dealkylation sites (tertiary alicyclic amines) is 1. The molecule has 0 saturated carbocycles. The fourth-order valence-electron chi connectivity index (χ4n) is 2.71. The summed E-state index contributed by atoms with van der Waals surface area (Å²) in [6.07, 6.45) is 1.55. The van der Waals surface area contributed by atoms with Gasteiger partial charge in [0, 0.05) is 0 Å². The van der Waals surface area contributed by atoms with E-state index in [4.69, 9.17) is 4.74 Å². The van der Waals surface area contributed by atoms with Crippen molar-refractivity contribution in [3.63, 3.8) is 0 Å². The minimum atomic E-state index is -0.366. The molecule has 8 heteroatoms. The maximum atomic E-state index is 13.2. The smallest absolute Gasteiger partial charge is 0.323 e. The van der Waals surface area contributed by atoms with E-state index in [1.165, 1.54) is 30.6 Å². The van der Waals surface area contributed by atoms with Crippen LogP contribution in [0.2, 0.25) is 0 Å². The number of hydrogen-bond donors (Lipinski definition) is 1. The summed E-state index contributed by atoms with van der Waals surface area (Å²) >= 11 is 1.22. The van der Waals surface area contributed by atoms with Crippen molar-refractivity contribution in [1.29, 1.82) is 0 Å². The van der Waals surface area contributed by atoms with E-state index >= 15 is 0 Å². The lowest BCUT2D eigenvalue weighted by Crippen LogP contribution is -2.41. The molecule has 1 saturated heterocycles. The number of carbonyl (C=O) groups excluding carboxylic acids is 2. The normalized spacial score (nSPS) is 18.3. The molecule has 1 aliphatic heterocycles. The highest BCUT2D eigenvalue weighted by molar-refractivity contribution is 7.22. The van der Waals surface area contributed by atoms with Crippen LogP contribution in [0.4, 0.5) is 9.52 Å². The quantitative estimate of drug-likeness (QED) is 0.864. The average Bonchev–Trinajstić information content (AvgIpc) is 3.12. The number of thiazole rings is 1. The summed E-state index contributed by atoms with van der Waals surface area (Å²) in [5, 5.41) is 3.13. The fourth-order valence-corrected chi connectivity index (χ4v) is 3.62. The zero-order valence-corrected chi connectivity index (χ0v) is 13.4. The van der Waals surface area contributed by atoms with Gasteiger partial charge in [0.2, 0.25) is 5.91 Å². The topological polar surface area (TPSA) is 71.5 Å². The average molecular weight is 337 g/mol. The number of esters is 1. The number of hydrogen-bond acceptors (Lipinski definition) is 6. The van der Waals surface area contributed by atoms with Crippen LogP contribution in [0.5, 0.6) is 0 Å². The minimum Gasteiger partial charge on any atom is -0.468 e. The molecule has 1 aliphatic rings. The summed E-state index contributed by atoms with van der Waals surface area (Å²) in [6, 6.07) is 3.93. The Morgan fingerprint density at radius 2 is 2.35 bits per heavy atom. The predicted molar refractivity (Wildman–Crippen MR) is 84.8 cm³/mol. The van der Waals surface area contributed by atoms with Gasteiger partial charge in [-0.05, 0) is 37.6 Å². The summed E-state index contributed by atoms with van der Waals surface area (Å²) in [7, 11) is 1.35. The number of nitrogens with zero attached hydrogens (tertiary/aromatic N) is 2. The summed E-state index contributed by atoms with van der Waals surface area (Å²) in [4.78, 5) is 29.9. The van der Waals surface area contributed by atoms with Crippen molar-refractivity contribution in [2.75, 3.05) is 25.5 Å². The van der Waals surface area contributed by atoms with Gasteiger partial charge in [-0.15, -0.1) is 0 Å². The summed E-state index contributed by atoms with van der Waals surface area (Å²) < 4.78 is 18.6. The van der Waals surface area contributed by atoms with Gasteiger partial charge in [-0.1, -0.05) is 11.3 Å². The number of carbonyl (C=O) groups is 2. The van der Waals surface area contributed by atoms with E-state index < -0.39 is 0 Å². The van der Waals surface area contributed by atoms with Crippen LogP contribution in [0.15, 0.2) is 18.2 Å². The number of fused-ring (bicyclic) bond motifs is 1. The Morgan fingerprint density at radius 3 is 3.13 bits per heavy atom. The molecule has 3 rings (SSSR count). The number of amides is 1. The summed E-state index contributed by atoms with van der Waals surface area (Å²) in [5.74, 6) is -0.900. The number of anilines is 1.